The fraction of sp³-hybridized carbons (Fsp3) is 0.280. The lowest BCUT2D eigenvalue weighted by Gasteiger charge is -2.17. The first-order valence-electron chi connectivity index (χ1n) is 9.90. The smallest absolute Gasteiger partial charge is 0.130 e. The predicted molar refractivity (Wildman–Crippen MR) is 118 cm³/mol. The van der Waals surface area contributed by atoms with Gasteiger partial charge in [-0.05, 0) is 35.7 Å². The first kappa shape index (κ1) is 20.7. The number of hydrogen-bond donors (Lipinski definition) is 1. The third-order valence-electron chi connectivity index (χ3n) is 5.06. The van der Waals surface area contributed by atoms with Gasteiger partial charge in [0.1, 0.15) is 23.9 Å². The fourth-order valence-electron chi connectivity index (χ4n) is 3.40. The molecule has 0 spiro atoms. The van der Waals surface area contributed by atoms with Crippen LogP contribution in [0.15, 0.2) is 60.7 Å². The standard InChI is InChI=1S/C25H29NO3/c1-5-26-16-23-24(27-3)14-21(15-25(23)28-4)29-17-20-12-9-13-22(18(20)2)19-10-7-6-8-11-19/h6-15,26H,5,16-17H2,1-4H3. The van der Waals surface area contributed by atoms with Crippen LogP contribution in [0.25, 0.3) is 11.1 Å². The van der Waals surface area contributed by atoms with Gasteiger partial charge in [-0.25, -0.2) is 0 Å². The maximum absolute atomic E-state index is 6.13. The third kappa shape index (κ3) is 4.90. The van der Waals surface area contributed by atoms with Crippen molar-refractivity contribution in [1.29, 1.82) is 0 Å². The lowest BCUT2D eigenvalue weighted by atomic mass is 9.97. The summed E-state index contributed by atoms with van der Waals surface area (Å²) in [5.41, 5.74) is 5.81. The third-order valence-corrected chi connectivity index (χ3v) is 5.06. The molecule has 0 radical (unpaired) electrons. The Labute approximate surface area is 173 Å². The number of benzene rings is 3. The van der Waals surface area contributed by atoms with Gasteiger partial charge in [0.15, 0.2) is 0 Å². The van der Waals surface area contributed by atoms with Gasteiger partial charge < -0.3 is 19.5 Å². The van der Waals surface area contributed by atoms with Crippen molar-refractivity contribution in [2.24, 2.45) is 0 Å². The molecule has 152 valence electrons. The maximum Gasteiger partial charge on any atom is 0.130 e. The molecule has 0 aromatic heterocycles. The van der Waals surface area contributed by atoms with Gasteiger partial charge in [-0.2, -0.15) is 0 Å². The highest BCUT2D eigenvalue weighted by atomic mass is 16.5. The van der Waals surface area contributed by atoms with Crippen LogP contribution in [-0.4, -0.2) is 20.8 Å². The SMILES string of the molecule is CCNCc1c(OC)cc(OCc2cccc(-c3ccccc3)c2C)cc1OC. The molecule has 0 unspecified atom stereocenters. The van der Waals surface area contributed by atoms with Crippen LogP contribution in [0.4, 0.5) is 0 Å². The van der Waals surface area contributed by atoms with Crippen molar-refractivity contribution in [1.82, 2.24) is 5.32 Å². The van der Waals surface area contributed by atoms with E-state index in [2.05, 4.69) is 61.6 Å². The highest BCUT2D eigenvalue weighted by Crippen LogP contribution is 2.35. The van der Waals surface area contributed by atoms with Crippen LogP contribution < -0.4 is 19.5 Å². The quantitative estimate of drug-likeness (QED) is 0.532. The van der Waals surface area contributed by atoms with Gasteiger partial charge >= 0.3 is 0 Å². The molecular formula is C25H29NO3. The number of nitrogens with one attached hydrogen (secondary N) is 1. The van der Waals surface area contributed by atoms with Gasteiger partial charge in [0.25, 0.3) is 0 Å². The summed E-state index contributed by atoms with van der Waals surface area (Å²) in [6.07, 6.45) is 0. The zero-order chi connectivity index (χ0) is 20.6. The largest absolute Gasteiger partial charge is 0.496 e. The molecule has 3 rings (SSSR count). The number of methoxy groups -OCH3 is 2. The first-order chi connectivity index (χ1) is 14.2. The summed E-state index contributed by atoms with van der Waals surface area (Å²) >= 11 is 0. The van der Waals surface area contributed by atoms with E-state index in [-0.39, 0.29) is 0 Å². The van der Waals surface area contributed by atoms with Crippen LogP contribution >= 0.6 is 0 Å². The molecule has 0 heterocycles. The molecule has 0 saturated carbocycles. The first-order valence-corrected chi connectivity index (χ1v) is 9.90. The second kappa shape index (κ2) is 9.99. The Kier molecular flexibility index (Phi) is 7.14. The van der Waals surface area contributed by atoms with E-state index in [1.807, 2.05) is 18.2 Å². The minimum absolute atomic E-state index is 0.478. The molecule has 0 bridgehead atoms. The van der Waals surface area contributed by atoms with E-state index in [1.54, 1.807) is 14.2 Å². The average Bonchev–Trinajstić information content (AvgIpc) is 2.77. The monoisotopic (exact) mass is 391 g/mol. The van der Waals surface area contributed by atoms with E-state index in [0.717, 1.165) is 34.9 Å². The zero-order valence-corrected chi connectivity index (χ0v) is 17.6. The second-order valence-corrected chi connectivity index (χ2v) is 6.83. The normalized spacial score (nSPS) is 10.6. The molecule has 29 heavy (non-hydrogen) atoms. The summed E-state index contributed by atoms with van der Waals surface area (Å²) in [6, 6.07) is 20.6. The molecule has 0 fully saturated rings. The van der Waals surface area contributed by atoms with Crippen LogP contribution in [0.5, 0.6) is 17.2 Å². The van der Waals surface area contributed by atoms with E-state index in [9.17, 15) is 0 Å². The molecule has 0 aliphatic rings. The van der Waals surface area contributed by atoms with Gasteiger partial charge in [-0.15, -0.1) is 0 Å². The van der Waals surface area contributed by atoms with Crippen molar-refractivity contribution in [2.45, 2.75) is 27.0 Å². The van der Waals surface area contributed by atoms with Gasteiger partial charge in [-0.3, -0.25) is 0 Å². The molecular weight excluding hydrogens is 362 g/mol. The summed E-state index contributed by atoms with van der Waals surface area (Å²) in [7, 11) is 3.34. The van der Waals surface area contributed by atoms with Crippen molar-refractivity contribution < 1.29 is 14.2 Å². The van der Waals surface area contributed by atoms with Crippen LogP contribution in [-0.2, 0) is 13.2 Å². The molecule has 0 amide bonds. The Bertz CT molecular complexity index is 913. The van der Waals surface area contributed by atoms with Crippen LogP contribution in [0.2, 0.25) is 0 Å². The molecule has 3 aromatic carbocycles. The summed E-state index contributed by atoms with van der Waals surface area (Å²) in [5.74, 6) is 2.24. The lowest BCUT2D eigenvalue weighted by molar-refractivity contribution is 0.298. The number of hydrogen-bond acceptors (Lipinski definition) is 4. The van der Waals surface area contributed by atoms with E-state index in [4.69, 9.17) is 14.2 Å². The Morgan fingerprint density at radius 3 is 2.17 bits per heavy atom. The van der Waals surface area contributed by atoms with Gasteiger partial charge in [0.05, 0.1) is 19.8 Å². The van der Waals surface area contributed by atoms with Crippen molar-refractivity contribution in [2.75, 3.05) is 20.8 Å². The maximum atomic E-state index is 6.13. The fourth-order valence-corrected chi connectivity index (χ4v) is 3.40. The molecule has 0 aliphatic heterocycles. The Hall–Kier alpha value is -2.98. The minimum atomic E-state index is 0.478. The van der Waals surface area contributed by atoms with E-state index in [1.165, 1.54) is 16.7 Å². The van der Waals surface area contributed by atoms with Crippen molar-refractivity contribution >= 4 is 0 Å². The second-order valence-electron chi connectivity index (χ2n) is 6.83. The summed E-state index contributed by atoms with van der Waals surface area (Å²) in [4.78, 5) is 0. The number of rotatable bonds is 9. The van der Waals surface area contributed by atoms with E-state index in [0.29, 0.717) is 13.2 Å². The van der Waals surface area contributed by atoms with E-state index >= 15 is 0 Å². The Morgan fingerprint density at radius 2 is 1.55 bits per heavy atom. The van der Waals surface area contributed by atoms with Gasteiger partial charge in [0.2, 0.25) is 0 Å². The molecule has 0 atom stereocenters. The van der Waals surface area contributed by atoms with Crippen LogP contribution in [0, 0.1) is 6.92 Å². The molecule has 3 aromatic rings. The Morgan fingerprint density at radius 1 is 0.862 bits per heavy atom. The summed E-state index contributed by atoms with van der Waals surface area (Å²) < 4.78 is 17.3. The van der Waals surface area contributed by atoms with Crippen molar-refractivity contribution in [3.8, 4) is 28.4 Å². The molecule has 4 nitrogen and oxygen atoms in total. The molecule has 1 N–H and O–H groups in total. The van der Waals surface area contributed by atoms with Crippen molar-refractivity contribution in [3.05, 3.63) is 77.4 Å². The lowest BCUT2D eigenvalue weighted by Crippen LogP contribution is -2.13. The van der Waals surface area contributed by atoms with Crippen LogP contribution in [0.3, 0.4) is 0 Å². The summed E-state index contributed by atoms with van der Waals surface area (Å²) in [5, 5.41) is 3.32. The highest BCUT2D eigenvalue weighted by molar-refractivity contribution is 5.68. The molecule has 4 heteroatoms. The topological polar surface area (TPSA) is 39.7 Å². The Balaban J connectivity index is 1.83. The number of ether oxygens (including phenoxy) is 3. The molecule has 0 aliphatic carbocycles. The van der Waals surface area contributed by atoms with Gasteiger partial charge in [-0.1, -0.05) is 55.5 Å². The predicted octanol–water partition coefficient (Wildman–Crippen LogP) is 5.37. The van der Waals surface area contributed by atoms with Crippen LogP contribution in [0.1, 0.15) is 23.6 Å². The summed E-state index contributed by atoms with van der Waals surface area (Å²) in [6.45, 7) is 6.25. The van der Waals surface area contributed by atoms with E-state index < -0.39 is 0 Å². The highest BCUT2D eigenvalue weighted by Gasteiger charge is 2.14. The average molecular weight is 392 g/mol. The van der Waals surface area contributed by atoms with Crippen molar-refractivity contribution in [3.63, 3.8) is 0 Å². The minimum Gasteiger partial charge on any atom is -0.496 e. The van der Waals surface area contributed by atoms with Gasteiger partial charge in [0, 0.05) is 18.7 Å². The molecule has 0 saturated heterocycles. The zero-order valence-electron chi connectivity index (χ0n) is 17.6.